The Bertz CT molecular complexity index is 146. The van der Waals surface area contributed by atoms with Crippen LogP contribution in [0.1, 0.15) is 13.3 Å². The van der Waals surface area contributed by atoms with Crippen molar-refractivity contribution in [3.8, 4) is 0 Å². The van der Waals surface area contributed by atoms with Crippen molar-refractivity contribution in [1.29, 1.82) is 0 Å². The first-order valence-corrected chi connectivity index (χ1v) is 7.77. The molecule has 5 heteroatoms. The van der Waals surface area contributed by atoms with Crippen LogP contribution in [0.2, 0.25) is 0 Å². The van der Waals surface area contributed by atoms with Gasteiger partial charge < -0.3 is 0 Å². The van der Waals surface area contributed by atoms with Crippen LogP contribution < -0.4 is 0 Å². The Morgan fingerprint density at radius 2 is 1.91 bits per heavy atom. The van der Waals surface area contributed by atoms with Crippen molar-refractivity contribution in [1.82, 2.24) is 0 Å². The van der Waals surface area contributed by atoms with Gasteiger partial charge in [-0.3, -0.25) is 0 Å². The van der Waals surface area contributed by atoms with E-state index in [9.17, 15) is 0 Å². The SMILES string of the molecule is CCC12SCSC(CS)(S1)S2. The van der Waals surface area contributed by atoms with Crippen LogP contribution in [0.25, 0.3) is 0 Å². The zero-order valence-corrected chi connectivity index (χ0v) is 10.4. The fourth-order valence-corrected chi connectivity index (χ4v) is 12.0. The molecule has 2 bridgehead atoms. The van der Waals surface area contributed by atoms with Crippen LogP contribution in [0.15, 0.2) is 0 Å². The summed E-state index contributed by atoms with van der Waals surface area (Å²) in [5.74, 6) is 1.01. The topological polar surface area (TPSA) is 0 Å². The minimum atomic E-state index is 0.421. The molecule has 3 aliphatic rings. The number of hydrogen-bond donors (Lipinski definition) is 1. The molecular weight excluding hydrogens is 232 g/mol. The van der Waals surface area contributed by atoms with Gasteiger partial charge in [-0.2, -0.15) is 12.6 Å². The predicted molar refractivity (Wildman–Crippen MR) is 64.8 cm³/mol. The second-order valence-electron chi connectivity index (χ2n) is 2.49. The number of fused-ring (bicyclic) bond motifs is 2. The zero-order chi connectivity index (χ0) is 7.95. The molecule has 0 radical (unpaired) electrons. The quantitative estimate of drug-likeness (QED) is 0.735. The number of thioether (sulfide) groups is 4. The smallest absolute Gasteiger partial charge is 0.120 e. The van der Waals surface area contributed by atoms with E-state index in [-0.39, 0.29) is 0 Å². The number of rotatable bonds is 2. The molecule has 64 valence electrons. The van der Waals surface area contributed by atoms with Crippen LogP contribution >= 0.6 is 59.7 Å². The lowest BCUT2D eigenvalue weighted by Gasteiger charge is -2.57. The van der Waals surface area contributed by atoms with Crippen molar-refractivity contribution in [2.24, 2.45) is 0 Å². The molecule has 0 nitrogen and oxygen atoms in total. The summed E-state index contributed by atoms with van der Waals surface area (Å²) in [6.45, 7) is 2.28. The van der Waals surface area contributed by atoms with E-state index in [2.05, 4.69) is 66.6 Å². The highest BCUT2D eigenvalue weighted by Gasteiger charge is 2.59. The van der Waals surface area contributed by atoms with E-state index in [0.717, 1.165) is 5.75 Å². The van der Waals surface area contributed by atoms with Crippen LogP contribution in [0.4, 0.5) is 0 Å². The van der Waals surface area contributed by atoms with Crippen molar-refractivity contribution < 1.29 is 0 Å². The van der Waals surface area contributed by atoms with Gasteiger partial charge >= 0.3 is 0 Å². The van der Waals surface area contributed by atoms with Crippen LogP contribution in [0, 0.1) is 0 Å². The van der Waals surface area contributed by atoms with Gasteiger partial charge in [-0.15, -0.1) is 47.0 Å². The molecule has 0 N–H and O–H groups in total. The molecule has 0 amide bonds. The second-order valence-corrected chi connectivity index (χ2v) is 10.5. The van der Waals surface area contributed by atoms with E-state index in [1.54, 1.807) is 0 Å². The molecule has 0 atom stereocenters. The van der Waals surface area contributed by atoms with Gasteiger partial charge in [-0.05, 0) is 6.42 Å². The normalized spacial score (nSPS) is 48.5. The monoisotopic (exact) mass is 242 g/mol. The van der Waals surface area contributed by atoms with Crippen LogP contribution in [-0.2, 0) is 0 Å². The standard InChI is InChI=1S/C6H10S5/c1-2-5-8-4-9-6(3-7,10-5)11-5/h7H,2-4H2,1H3. The number of hydrogen-bond acceptors (Lipinski definition) is 5. The minimum absolute atomic E-state index is 0.421. The number of thiol groups is 1. The van der Waals surface area contributed by atoms with Gasteiger partial charge in [0.15, 0.2) is 0 Å². The molecule has 3 aliphatic heterocycles. The van der Waals surface area contributed by atoms with Crippen LogP contribution in [0.5, 0.6) is 0 Å². The van der Waals surface area contributed by atoms with Crippen molar-refractivity contribution in [3.05, 3.63) is 0 Å². The van der Waals surface area contributed by atoms with Gasteiger partial charge in [-0.25, -0.2) is 0 Å². The van der Waals surface area contributed by atoms with Crippen molar-refractivity contribution >= 4 is 59.7 Å². The maximum atomic E-state index is 4.39. The Morgan fingerprint density at radius 3 is 2.45 bits per heavy atom. The second kappa shape index (κ2) is 3.15. The van der Waals surface area contributed by atoms with Gasteiger partial charge in [0, 0.05) is 10.8 Å². The third-order valence-corrected chi connectivity index (χ3v) is 10.7. The Morgan fingerprint density at radius 1 is 1.27 bits per heavy atom. The molecule has 0 aliphatic carbocycles. The fraction of sp³-hybridized carbons (Fsp3) is 1.00. The van der Waals surface area contributed by atoms with Crippen molar-refractivity contribution in [3.63, 3.8) is 0 Å². The lowest BCUT2D eigenvalue weighted by atomic mass is 10.6. The highest BCUT2D eigenvalue weighted by molar-refractivity contribution is 8.58. The Balaban J connectivity index is 2.05. The summed E-state index contributed by atoms with van der Waals surface area (Å²) in [7, 11) is 0. The highest BCUT2D eigenvalue weighted by Crippen LogP contribution is 2.78. The van der Waals surface area contributed by atoms with Crippen LogP contribution in [0.3, 0.4) is 0 Å². The molecule has 3 rings (SSSR count). The third kappa shape index (κ3) is 1.45. The van der Waals surface area contributed by atoms with E-state index in [0.29, 0.717) is 6.82 Å². The first-order chi connectivity index (χ1) is 5.24. The molecule has 0 aromatic carbocycles. The average Bonchev–Trinajstić information content (AvgIpc) is 2.04. The van der Waals surface area contributed by atoms with Gasteiger partial charge in [0.2, 0.25) is 0 Å². The van der Waals surface area contributed by atoms with Crippen molar-refractivity contribution in [2.75, 3.05) is 10.8 Å². The first kappa shape index (κ1) is 9.31. The van der Waals surface area contributed by atoms with E-state index in [1.807, 2.05) is 0 Å². The summed E-state index contributed by atoms with van der Waals surface area (Å²) < 4.78 is 0.929. The molecule has 11 heavy (non-hydrogen) atoms. The molecule has 0 spiro atoms. The molecule has 3 saturated heterocycles. The van der Waals surface area contributed by atoms with Gasteiger partial charge in [-0.1, -0.05) is 6.92 Å². The molecule has 3 fully saturated rings. The summed E-state index contributed by atoms with van der Waals surface area (Å²) >= 11 is 12.8. The molecule has 3 heterocycles. The summed E-state index contributed by atoms with van der Waals surface area (Å²) in [5.41, 5.74) is 0. The molecule has 0 aromatic heterocycles. The molecular formula is C6H10S5. The summed E-state index contributed by atoms with van der Waals surface area (Å²) in [4.78, 5) is 0. The van der Waals surface area contributed by atoms with Gasteiger partial charge in [0.1, 0.15) is 6.82 Å². The zero-order valence-electron chi connectivity index (χ0n) is 6.20. The predicted octanol–water partition coefficient (Wildman–Crippen LogP) is 3.55. The average molecular weight is 242 g/mol. The third-order valence-electron chi connectivity index (χ3n) is 1.81. The van der Waals surface area contributed by atoms with Gasteiger partial charge in [0.05, 0.1) is 0 Å². The summed E-state index contributed by atoms with van der Waals surface area (Å²) in [6.07, 6.45) is 1.28. The molecule has 0 unspecified atom stereocenters. The minimum Gasteiger partial charge on any atom is -0.176 e. The first-order valence-electron chi connectivity index (χ1n) is 3.53. The Labute approximate surface area is 90.2 Å². The van der Waals surface area contributed by atoms with E-state index < -0.39 is 0 Å². The lowest BCUT2D eigenvalue weighted by Crippen LogP contribution is -2.44. The summed E-state index contributed by atoms with van der Waals surface area (Å²) in [6, 6.07) is 0. The van der Waals surface area contributed by atoms with Crippen LogP contribution in [-0.4, -0.2) is 17.7 Å². The maximum absolute atomic E-state index is 4.39. The summed E-state index contributed by atoms with van der Waals surface area (Å²) in [5, 5.41) is 1.26. The Hall–Kier alpha value is 1.75. The van der Waals surface area contributed by atoms with Crippen molar-refractivity contribution in [2.45, 2.75) is 20.2 Å². The Kier molecular flexibility index (Phi) is 2.67. The van der Waals surface area contributed by atoms with Gasteiger partial charge in [0.25, 0.3) is 0 Å². The lowest BCUT2D eigenvalue weighted by molar-refractivity contribution is 0.973. The highest BCUT2D eigenvalue weighted by atomic mass is 32.3. The van der Waals surface area contributed by atoms with E-state index in [4.69, 9.17) is 0 Å². The maximum Gasteiger partial charge on any atom is 0.120 e. The molecule has 0 saturated carbocycles. The molecule has 0 aromatic rings. The van der Waals surface area contributed by atoms with E-state index >= 15 is 0 Å². The van der Waals surface area contributed by atoms with E-state index in [1.165, 1.54) is 11.5 Å². The fourth-order valence-electron chi connectivity index (χ4n) is 1.16. The largest absolute Gasteiger partial charge is 0.176 e.